The summed E-state index contributed by atoms with van der Waals surface area (Å²) in [6.07, 6.45) is 2.01. The second-order valence-corrected chi connectivity index (χ2v) is 12.0. The molecular formula is C30H22F4N6O4S2. The predicted octanol–water partition coefficient (Wildman–Crippen LogP) is 3.53. The van der Waals surface area contributed by atoms with Crippen LogP contribution in [0, 0.1) is 23.5 Å². The van der Waals surface area contributed by atoms with E-state index in [2.05, 4.69) is 37.7 Å². The highest BCUT2D eigenvalue weighted by Crippen LogP contribution is 2.46. The van der Waals surface area contributed by atoms with E-state index in [4.69, 9.17) is 0 Å². The van der Waals surface area contributed by atoms with Gasteiger partial charge >= 0.3 is 5.92 Å². The minimum Gasteiger partial charge on any atom is -0.377 e. The number of rotatable bonds is 10. The molecule has 1 unspecified atom stereocenters. The zero-order valence-electron chi connectivity index (χ0n) is 23.4. The Balaban J connectivity index is 1.28. The maximum absolute atomic E-state index is 15.9. The van der Waals surface area contributed by atoms with E-state index in [1.807, 2.05) is 0 Å². The van der Waals surface area contributed by atoms with Gasteiger partial charge in [0.05, 0.1) is 22.1 Å². The van der Waals surface area contributed by atoms with Crippen molar-refractivity contribution in [1.29, 1.82) is 0 Å². The summed E-state index contributed by atoms with van der Waals surface area (Å²) < 4.78 is 82.5. The molecule has 0 aliphatic carbocycles. The minimum absolute atomic E-state index is 0.0568. The standard InChI is InChI=1S/C30H22F4N6O4S2/c31-22-7-10-24(25(32)13-22)29(42,17-40-18-37-38-39-40)30(33,34)27-12-6-20(14-35-27)5-8-23-9-11-26(45-23)28(41)36-15-19-1-3-21(4-2-19)16-46(43)44/h1-4,6-7,9-14,18,42,46H,15-17H2,(H,36,41). The summed E-state index contributed by atoms with van der Waals surface area (Å²) in [6, 6.07) is 14.0. The number of thiophene rings is 1. The second kappa shape index (κ2) is 13.6. The summed E-state index contributed by atoms with van der Waals surface area (Å²) in [5, 5.41) is 24.2. The van der Waals surface area contributed by atoms with Gasteiger partial charge in [-0.3, -0.25) is 9.78 Å². The van der Waals surface area contributed by atoms with Gasteiger partial charge in [-0.05, 0) is 58.0 Å². The number of hydrogen-bond donors (Lipinski definition) is 3. The molecule has 0 saturated carbocycles. The lowest BCUT2D eigenvalue weighted by molar-refractivity contribution is -0.207. The Morgan fingerprint density at radius 1 is 1.00 bits per heavy atom. The number of nitrogens with one attached hydrogen (secondary N) is 1. The van der Waals surface area contributed by atoms with Gasteiger partial charge in [0.1, 0.15) is 34.4 Å². The normalized spacial score (nSPS) is 12.7. The van der Waals surface area contributed by atoms with Crippen molar-refractivity contribution in [1.82, 2.24) is 30.5 Å². The van der Waals surface area contributed by atoms with E-state index < -0.39 is 51.7 Å². The number of hydrogen-bond acceptors (Lipinski definition) is 9. The molecule has 236 valence electrons. The number of aromatic nitrogens is 5. The lowest BCUT2D eigenvalue weighted by Gasteiger charge is -2.35. The molecular weight excluding hydrogens is 648 g/mol. The fraction of sp³-hybridized carbons (Fsp3) is 0.167. The van der Waals surface area contributed by atoms with Crippen LogP contribution in [-0.2, 0) is 41.1 Å². The van der Waals surface area contributed by atoms with E-state index in [-0.39, 0.29) is 23.8 Å². The van der Waals surface area contributed by atoms with E-state index in [9.17, 15) is 27.1 Å². The number of carbonyl (C=O) groups excluding carboxylic acids is 1. The molecule has 0 bridgehead atoms. The van der Waals surface area contributed by atoms with Crippen molar-refractivity contribution in [2.45, 2.75) is 30.4 Å². The van der Waals surface area contributed by atoms with Crippen LogP contribution in [0.2, 0.25) is 0 Å². The Morgan fingerprint density at radius 2 is 1.76 bits per heavy atom. The van der Waals surface area contributed by atoms with Crippen LogP contribution in [0.5, 0.6) is 0 Å². The van der Waals surface area contributed by atoms with Gasteiger partial charge in [0.15, 0.2) is 5.60 Å². The number of tetrazole rings is 1. The molecule has 2 aromatic carbocycles. The molecule has 5 aromatic rings. The van der Waals surface area contributed by atoms with E-state index >= 15 is 8.78 Å². The highest BCUT2D eigenvalue weighted by molar-refractivity contribution is 7.71. The summed E-state index contributed by atoms with van der Waals surface area (Å²) in [5.74, 6) is -1.41. The Hall–Kier alpha value is -4.98. The first-order chi connectivity index (χ1) is 21.9. The number of thiol groups is 1. The maximum atomic E-state index is 15.9. The van der Waals surface area contributed by atoms with Gasteiger partial charge in [-0.1, -0.05) is 36.1 Å². The highest BCUT2D eigenvalue weighted by atomic mass is 32.2. The van der Waals surface area contributed by atoms with Crippen molar-refractivity contribution in [2.75, 3.05) is 0 Å². The minimum atomic E-state index is -4.21. The number of nitrogens with zero attached hydrogens (tertiary/aromatic N) is 5. The van der Waals surface area contributed by atoms with Crippen molar-refractivity contribution in [3.8, 4) is 11.8 Å². The third-order valence-corrected chi connectivity index (χ3v) is 8.33. The quantitative estimate of drug-likeness (QED) is 0.117. The number of carbonyl (C=O) groups is 1. The van der Waals surface area contributed by atoms with Crippen LogP contribution < -0.4 is 5.32 Å². The molecule has 5 rings (SSSR count). The molecule has 0 radical (unpaired) electrons. The number of pyridine rings is 1. The van der Waals surface area contributed by atoms with Gasteiger partial charge in [0.2, 0.25) is 0 Å². The van der Waals surface area contributed by atoms with Gasteiger partial charge in [-0.25, -0.2) is 21.9 Å². The van der Waals surface area contributed by atoms with Crippen molar-refractivity contribution < 1.29 is 35.9 Å². The van der Waals surface area contributed by atoms with Crippen LogP contribution in [-0.4, -0.2) is 44.6 Å². The van der Waals surface area contributed by atoms with Crippen molar-refractivity contribution in [2.24, 2.45) is 0 Å². The maximum Gasteiger partial charge on any atom is 0.323 e. The van der Waals surface area contributed by atoms with Gasteiger partial charge in [0.25, 0.3) is 5.91 Å². The lowest BCUT2D eigenvalue weighted by Crippen LogP contribution is -2.48. The zero-order valence-corrected chi connectivity index (χ0v) is 25.1. The van der Waals surface area contributed by atoms with Crippen LogP contribution >= 0.6 is 11.3 Å². The number of alkyl halides is 2. The lowest BCUT2D eigenvalue weighted by atomic mass is 9.84. The third-order valence-electron chi connectivity index (χ3n) is 6.71. The third kappa shape index (κ3) is 7.28. The first-order valence-electron chi connectivity index (χ1n) is 13.3. The SMILES string of the molecule is O=C(NCc1ccc(C[SH](=O)=O)cc1)c1ccc(C#Cc2ccc(C(F)(F)C(O)(Cn3cnnn3)c3ccc(F)cc3F)nc2)s1. The Labute approximate surface area is 264 Å². The van der Waals surface area contributed by atoms with Crippen molar-refractivity contribution in [3.05, 3.63) is 129 Å². The summed E-state index contributed by atoms with van der Waals surface area (Å²) in [7, 11) is -2.53. The Kier molecular flexibility index (Phi) is 9.56. The van der Waals surface area contributed by atoms with Gasteiger partial charge in [0, 0.05) is 29.9 Å². The molecule has 2 N–H and O–H groups in total. The van der Waals surface area contributed by atoms with Crippen LogP contribution in [0.4, 0.5) is 17.6 Å². The molecule has 16 heteroatoms. The van der Waals surface area contributed by atoms with E-state index in [0.29, 0.717) is 21.4 Å². The molecule has 0 aliphatic rings. The van der Waals surface area contributed by atoms with Gasteiger partial charge in [-0.2, -0.15) is 8.78 Å². The molecule has 0 spiro atoms. The Bertz CT molecular complexity index is 1980. The molecule has 1 atom stereocenters. The molecule has 0 aliphatic heterocycles. The average molecular weight is 671 g/mol. The van der Waals surface area contributed by atoms with Crippen LogP contribution in [0.25, 0.3) is 0 Å². The van der Waals surface area contributed by atoms with E-state index in [1.165, 1.54) is 6.07 Å². The number of aliphatic hydroxyl groups is 1. The van der Waals surface area contributed by atoms with Gasteiger partial charge in [-0.15, -0.1) is 16.4 Å². The second-order valence-electron chi connectivity index (χ2n) is 9.90. The number of amides is 1. The summed E-state index contributed by atoms with van der Waals surface area (Å²) in [6.45, 7) is -0.756. The summed E-state index contributed by atoms with van der Waals surface area (Å²) >= 11 is 1.11. The molecule has 0 fully saturated rings. The van der Waals surface area contributed by atoms with E-state index in [1.54, 1.807) is 36.4 Å². The number of halogens is 4. The topological polar surface area (TPSA) is 140 Å². The molecule has 1 amide bonds. The first kappa shape index (κ1) is 32.4. The number of benzene rings is 2. The zero-order chi connectivity index (χ0) is 32.9. The smallest absolute Gasteiger partial charge is 0.323 e. The largest absolute Gasteiger partial charge is 0.377 e. The van der Waals surface area contributed by atoms with Crippen LogP contribution in [0.15, 0.2) is 79.3 Å². The monoisotopic (exact) mass is 670 g/mol. The highest BCUT2D eigenvalue weighted by Gasteiger charge is 2.58. The molecule has 10 nitrogen and oxygen atoms in total. The molecule has 46 heavy (non-hydrogen) atoms. The summed E-state index contributed by atoms with van der Waals surface area (Å²) in [4.78, 5) is 17.3. The fourth-order valence-corrected chi connectivity index (χ4v) is 5.66. The van der Waals surface area contributed by atoms with Crippen molar-refractivity contribution >= 4 is 27.9 Å². The molecule has 0 saturated heterocycles. The molecule has 3 heterocycles. The fourth-order valence-electron chi connectivity index (χ4n) is 4.37. The predicted molar refractivity (Wildman–Crippen MR) is 158 cm³/mol. The average Bonchev–Trinajstić information content (AvgIpc) is 3.72. The molecule has 3 aromatic heterocycles. The van der Waals surface area contributed by atoms with E-state index in [0.717, 1.165) is 52.3 Å². The van der Waals surface area contributed by atoms with Gasteiger partial charge < -0.3 is 10.4 Å². The van der Waals surface area contributed by atoms with Crippen LogP contribution in [0.1, 0.15) is 42.5 Å². The van der Waals surface area contributed by atoms with Crippen molar-refractivity contribution in [3.63, 3.8) is 0 Å². The Morgan fingerprint density at radius 3 is 2.41 bits per heavy atom. The first-order valence-corrected chi connectivity index (χ1v) is 15.5. The summed E-state index contributed by atoms with van der Waals surface area (Å²) in [5.41, 5.74) is -3.39. The van der Waals surface area contributed by atoms with Crippen LogP contribution in [0.3, 0.4) is 0 Å².